The molecule has 1 atom stereocenters. The van der Waals surface area contributed by atoms with Crippen LogP contribution in [0.25, 0.3) is 6.08 Å². The number of nitrogens with one attached hydrogen (secondary N) is 4. The van der Waals surface area contributed by atoms with Gasteiger partial charge in [-0.1, -0.05) is 24.6 Å². The van der Waals surface area contributed by atoms with Crippen LogP contribution < -0.4 is 26.4 Å². The number of carbonyl (C=O) groups is 1. The van der Waals surface area contributed by atoms with Crippen molar-refractivity contribution in [1.82, 2.24) is 11.0 Å². The highest BCUT2D eigenvalue weighted by atomic mass is 16.7. The minimum Gasteiger partial charge on any atom is -0.481 e. The van der Waals surface area contributed by atoms with E-state index in [1.165, 1.54) is 6.26 Å². The zero-order valence-electron chi connectivity index (χ0n) is 15.8. The minimum atomic E-state index is -0.564. The van der Waals surface area contributed by atoms with Gasteiger partial charge in [-0.25, -0.2) is 5.43 Å². The summed E-state index contributed by atoms with van der Waals surface area (Å²) in [6.07, 6.45) is 3.31. The Morgan fingerprint density at radius 1 is 1.04 bits per heavy atom. The van der Waals surface area contributed by atoms with Crippen LogP contribution >= 0.6 is 0 Å². The highest BCUT2D eigenvalue weighted by Gasteiger charge is 2.18. The first kappa shape index (κ1) is 20.3. The van der Waals surface area contributed by atoms with Crippen LogP contribution in [0, 0.1) is 0 Å². The second-order valence-electron chi connectivity index (χ2n) is 5.67. The molecule has 0 heterocycles. The van der Waals surface area contributed by atoms with E-state index >= 15 is 0 Å². The Balaban J connectivity index is 1.92. The molecule has 0 aliphatic rings. The van der Waals surface area contributed by atoms with Gasteiger partial charge >= 0.3 is 0 Å². The zero-order chi connectivity index (χ0) is 19.5. The van der Waals surface area contributed by atoms with Crippen molar-refractivity contribution in [2.45, 2.75) is 19.4 Å². The van der Waals surface area contributed by atoms with Crippen molar-refractivity contribution in [2.24, 2.45) is 0 Å². The van der Waals surface area contributed by atoms with Crippen molar-refractivity contribution in [3.8, 4) is 5.75 Å². The number of benzene rings is 2. The van der Waals surface area contributed by atoms with Crippen molar-refractivity contribution in [2.75, 3.05) is 24.7 Å². The second kappa shape index (κ2) is 10.8. The third-order valence-corrected chi connectivity index (χ3v) is 3.75. The third-order valence-electron chi connectivity index (χ3n) is 3.75. The van der Waals surface area contributed by atoms with Gasteiger partial charge < -0.3 is 20.2 Å². The van der Waals surface area contributed by atoms with Crippen LogP contribution in [0.15, 0.2) is 54.8 Å². The van der Waals surface area contributed by atoms with E-state index < -0.39 is 6.10 Å². The quantitative estimate of drug-likeness (QED) is 0.292. The average Bonchev–Trinajstić information content (AvgIpc) is 2.71. The maximum Gasteiger partial charge on any atom is 0.265 e. The number of rotatable bonds is 10. The van der Waals surface area contributed by atoms with Crippen molar-refractivity contribution in [3.05, 3.63) is 60.4 Å². The van der Waals surface area contributed by atoms with Crippen LogP contribution in [0.4, 0.5) is 11.4 Å². The van der Waals surface area contributed by atoms with Crippen molar-refractivity contribution in [1.29, 1.82) is 0 Å². The molecule has 0 aliphatic carbocycles. The van der Waals surface area contributed by atoms with E-state index in [0.717, 1.165) is 11.3 Å². The van der Waals surface area contributed by atoms with E-state index in [9.17, 15) is 4.79 Å². The molecule has 0 radical (unpaired) electrons. The number of hydrogen-bond acceptors (Lipinski definition) is 6. The number of ether oxygens (including phenoxy) is 1. The van der Waals surface area contributed by atoms with E-state index in [1.54, 1.807) is 13.1 Å². The number of amides is 1. The third kappa shape index (κ3) is 6.65. The average molecular weight is 370 g/mol. The Kier molecular flexibility index (Phi) is 8.15. The molecule has 0 saturated heterocycles. The second-order valence-corrected chi connectivity index (χ2v) is 5.67. The number of hydrogen-bond donors (Lipinski definition) is 4. The molecule has 0 aliphatic heterocycles. The van der Waals surface area contributed by atoms with Gasteiger partial charge in [0, 0.05) is 25.5 Å². The summed E-state index contributed by atoms with van der Waals surface area (Å²) in [7, 11) is 3.56. The predicted molar refractivity (Wildman–Crippen MR) is 108 cm³/mol. The van der Waals surface area contributed by atoms with Crippen molar-refractivity contribution in [3.63, 3.8) is 0 Å². The SMILES string of the molecule is CCC(Oc1ccc(NC)cc1)C(=O)Nc1ccc(/C=C/ONNC)cc1. The Hall–Kier alpha value is -3.03. The molecular weight excluding hydrogens is 344 g/mol. The summed E-state index contributed by atoms with van der Waals surface area (Å²) in [5.41, 5.74) is 7.77. The van der Waals surface area contributed by atoms with Crippen LogP contribution in [0.2, 0.25) is 0 Å². The molecule has 0 aromatic heterocycles. The maximum atomic E-state index is 12.5. The van der Waals surface area contributed by atoms with Gasteiger partial charge in [-0.2, -0.15) is 0 Å². The van der Waals surface area contributed by atoms with Gasteiger partial charge in [0.05, 0.1) is 0 Å². The summed E-state index contributed by atoms with van der Waals surface area (Å²) >= 11 is 0. The molecule has 1 unspecified atom stereocenters. The molecule has 0 saturated carbocycles. The van der Waals surface area contributed by atoms with Crippen LogP contribution in [-0.2, 0) is 9.63 Å². The Labute approximate surface area is 159 Å². The lowest BCUT2D eigenvalue weighted by Gasteiger charge is -2.17. The first-order valence-electron chi connectivity index (χ1n) is 8.75. The summed E-state index contributed by atoms with van der Waals surface area (Å²) in [5, 5.41) is 5.93. The fourth-order valence-corrected chi connectivity index (χ4v) is 2.29. The normalized spacial score (nSPS) is 11.8. The number of anilines is 2. The molecule has 1 amide bonds. The van der Waals surface area contributed by atoms with Gasteiger partial charge in [0.1, 0.15) is 12.0 Å². The van der Waals surface area contributed by atoms with Gasteiger partial charge in [-0.05, 0) is 54.5 Å². The van der Waals surface area contributed by atoms with Crippen LogP contribution in [0.1, 0.15) is 18.9 Å². The van der Waals surface area contributed by atoms with Gasteiger partial charge in [-0.15, -0.1) is 0 Å². The molecule has 7 nitrogen and oxygen atoms in total. The Bertz CT molecular complexity index is 730. The topological polar surface area (TPSA) is 83.7 Å². The standard InChI is InChI=1S/C20H26N4O3/c1-4-19(27-18-11-9-16(21-2)10-12-18)20(25)23-17-7-5-15(6-8-17)13-14-26-24-22-3/h5-14,19,21-22,24H,4H2,1-3H3,(H,23,25)/b14-13+. The molecule has 2 rings (SSSR count). The lowest BCUT2D eigenvalue weighted by Crippen LogP contribution is -2.32. The summed E-state index contributed by atoms with van der Waals surface area (Å²) < 4.78 is 5.82. The maximum absolute atomic E-state index is 12.5. The molecule has 0 bridgehead atoms. The first-order valence-corrected chi connectivity index (χ1v) is 8.75. The Morgan fingerprint density at radius 3 is 2.30 bits per heavy atom. The van der Waals surface area contributed by atoms with Gasteiger partial charge in [0.2, 0.25) is 0 Å². The predicted octanol–water partition coefficient (Wildman–Crippen LogP) is 3.15. The lowest BCUT2D eigenvalue weighted by molar-refractivity contribution is -0.122. The molecule has 0 fully saturated rings. The van der Waals surface area contributed by atoms with Crippen LogP contribution in [0.3, 0.4) is 0 Å². The van der Waals surface area contributed by atoms with E-state index in [1.807, 2.05) is 62.5 Å². The zero-order valence-corrected chi connectivity index (χ0v) is 15.8. The van der Waals surface area contributed by atoms with E-state index in [2.05, 4.69) is 21.6 Å². The minimum absolute atomic E-state index is 0.181. The van der Waals surface area contributed by atoms with Crippen LogP contribution in [-0.4, -0.2) is 26.1 Å². The molecule has 2 aromatic carbocycles. The number of hydrazine groups is 1. The molecule has 27 heavy (non-hydrogen) atoms. The van der Waals surface area contributed by atoms with E-state index in [0.29, 0.717) is 17.9 Å². The van der Waals surface area contributed by atoms with Crippen LogP contribution in [0.5, 0.6) is 5.75 Å². The van der Waals surface area contributed by atoms with E-state index in [4.69, 9.17) is 9.57 Å². The number of carbonyl (C=O) groups excluding carboxylic acids is 1. The smallest absolute Gasteiger partial charge is 0.265 e. The summed E-state index contributed by atoms with van der Waals surface area (Å²) in [4.78, 5) is 17.5. The summed E-state index contributed by atoms with van der Waals surface area (Å²) in [6.45, 7) is 1.92. The molecule has 7 heteroatoms. The monoisotopic (exact) mass is 370 g/mol. The summed E-state index contributed by atoms with van der Waals surface area (Å²) in [5.74, 6) is 0.478. The van der Waals surface area contributed by atoms with Gasteiger partial charge in [-0.3, -0.25) is 4.79 Å². The first-order chi connectivity index (χ1) is 13.2. The van der Waals surface area contributed by atoms with Crippen molar-refractivity contribution < 1.29 is 14.4 Å². The highest BCUT2D eigenvalue weighted by Crippen LogP contribution is 2.18. The fraction of sp³-hybridized carbons (Fsp3) is 0.250. The van der Waals surface area contributed by atoms with Gasteiger partial charge in [0.25, 0.3) is 5.91 Å². The largest absolute Gasteiger partial charge is 0.481 e. The molecule has 4 N–H and O–H groups in total. The van der Waals surface area contributed by atoms with E-state index in [-0.39, 0.29) is 5.91 Å². The molecule has 144 valence electrons. The molecule has 2 aromatic rings. The summed E-state index contributed by atoms with van der Waals surface area (Å²) in [6, 6.07) is 14.9. The Morgan fingerprint density at radius 2 is 1.70 bits per heavy atom. The highest BCUT2D eigenvalue weighted by molar-refractivity contribution is 5.94. The fourth-order valence-electron chi connectivity index (χ4n) is 2.29. The molecule has 0 spiro atoms. The van der Waals surface area contributed by atoms with Gasteiger partial charge in [0.15, 0.2) is 6.10 Å². The molecular formula is C20H26N4O3. The lowest BCUT2D eigenvalue weighted by atomic mass is 10.2. The van der Waals surface area contributed by atoms with Crippen molar-refractivity contribution >= 4 is 23.4 Å².